The molecule has 23 heavy (non-hydrogen) atoms. The molecule has 1 aliphatic rings. The highest BCUT2D eigenvalue weighted by Gasteiger charge is 2.15. The smallest absolute Gasteiger partial charge is 0.225 e. The molecular weight excluding hydrogens is 290 g/mol. The second-order valence-electron chi connectivity index (χ2n) is 6.22. The van der Waals surface area contributed by atoms with Crippen molar-refractivity contribution in [3.63, 3.8) is 0 Å². The van der Waals surface area contributed by atoms with Crippen LogP contribution in [0.4, 0.5) is 11.4 Å². The van der Waals surface area contributed by atoms with Crippen molar-refractivity contribution in [1.82, 2.24) is 0 Å². The first-order valence-corrected chi connectivity index (χ1v) is 8.58. The lowest BCUT2D eigenvalue weighted by Crippen LogP contribution is -2.19. The van der Waals surface area contributed by atoms with Crippen molar-refractivity contribution in [1.29, 1.82) is 0 Å². The molecule has 126 valence electrons. The van der Waals surface area contributed by atoms with Gasteiger partial charge in [0, 0.05) is 19.4 Å². The van der Waals surface area contributed by atoms with Gasteiger partial charge in [0.05, 0.1) is 11.4 Å². The minimum atomic E-state index is -0.142. The van der Waals surface area contributed by atoms with Crippen LogP contribution in [0.25, 0.3) is 0 Å². The number of nitrogens with one attached hydrogen (secondary N) is 2. The van der Waals surface area contributed by atoms with E-state index in [1.165, 1.54) is 32.1 Å². The minimum absolute atomic E-state index is 0.0103. The lowest BCUT2D eigenvalue weighted by molar-refractivity contribution is -0.117. The zero-order valence-electron chi connectivity index (χ0n) is 13.6. The maximum atomic E-state index is 12.2. The zero-order chi connectivity index (χ0) is 16.5. The molecule has 1 aliphatic carbocycles. The van der Waals surface area contributed by atoms with E-state index in [9.17, 15) is 9.59 Å². The third-order valence-electron chi connectivity index (χ3n) is 4.35. The summed E-state index contributed by atoms with van der Waals surface area (Å²) in [5.41, 5.74) is 6.65. The van der Waals surface area contributed by atoms with Crippen LogP contribution in [0.15, 0.2) is 24.3 Å². The maximum Gasteiger partial charge on any atom is 0.225 e. The fourth-order valence-electron chi connectivity index (χ4n) is 3.07. The van der Waals surface area contributed by atoms with Crippen LogP contribution in [0.3, 0.4) is 0 Å². The van der Waals surface area contributed by atoms with Crippen LogP contribution in [0.1, 0.15) is 51.4 Å². The van der Waals surface area contributed by atoms with Crippen molar-refractivity contribution in [2.24, 2.45) is 11.7 Å². The van der Waals surface area contributed by atoms with Gasteiger partial charge in [-0.2, -0.15) is 0 Å². The molecule has 0 spiro atoms. The first kappa shape index (κ1) is 17.5. The number of carbonyl (C=O) groups is 2. The van der Waals surface area contributed by atoms with Crippen LogP contribution in [0.5, 0.6) is 0 Å². The minimum Gasteiger partial charge on any atom is -0.330 e. The molecule has 4 N–H and O–H groups in total. The van der Waals surface area contributed by atoms with Gasteiger partial charge in [0.15, 0.2) is 0 Å². The second kappa shape index (κ2) is 9.30. The summed E-state index contributed by atoms with van der Waals surface area (Å²) in [7, 11) is 0. The highest BCUT2D eigenvalue weighted by molar-refractivity contribution is 5.99. The molecule has 2 amide bonds. The van der Waals surface area contributed by atoms with E-state index in [-0.39, 0.29) is 18.2 Å². The number of hydrogen-bond donors (Lipinski definition) is 3. The SMILES string of the molecule is NCCC(=O)Nc1ccccc1NC(=O)CCC1CCCCC1. The molecule has 5 nitrogen and oxygen atoms in total. The van der Waals surface area contributed by atoms with E-state index in [1.807, 2.05) is 12.1 Å². The van der Waals surface area contributed by atoms with E-state index in [0.717, 1.165) is 6.42 Å². The molecule has 1 aromatic rings. The predicted octanol–water partition coefficient (Wildman–Crippen LogP) is 3.27. The number of rotatable bonds is 7. The highest BCUT2D eigenvalue weighted by Crippen LogP contribution is 2.28. The van der Waals surface area contributed by atoms with Gasteiger partial charge in [-0.25, -0.2) is 0 Å². The first-order chi connectivity index (χ1) is 11.2. The number of amides is 2. The largest absolute Gasteiger partial charge is 0.330 e. The molecule has 0 radical (unpaired) electrons. The number of anilines is 2. The Morgan fingerprint density at radius 3 is 2.09 bits per heavy atom. The van der Waals surface area contributed by atoms with Gasteiger partial charge in [0.25, 0.3) is 0 Å². The Hall–Kier alpha value is -1.88. The number of hydrogen-bond acceptors (Lipinski definition) is 3. The van der Waals surface area contributed by atoms with Gasteiger partial charge in [-0.15, -0.1) is 0 Å². The van der Waals surface area contributed by atoms with Crippen LogP contribution in [-0.4, -0.2) is 18.4 Å². The van der Waals surface area contributed by atoms with Crippen molar-refractivity contribution >= 4 is 23.2 Å². The standard InChI is InChI=1S/C18H27N3O2/c19-13-12-18(23)21-16-9-5-4-8-15(16)20-17(22)11-10-14-6-2-1-3-7-14/h4-5,8-9,14H,1-3,6-7,10-13,19H2,(H,20,22)(H,21,23). The number of nitrogens with two attached hydrogens (primary N) is 1. The van der Waals surface area contributed by atoms with E-state index in [4.69, 9.17) is 5.73 Å². The van der Waals surface area contributed by atoms with Crippen LogP contribution in [0, 0.1) is 5.92 Å². The van der Waals surface area contributed by atoms with E-state index >= 15 is 0 Å². The highest BCUT2D eigenvalue weighted by atomic mass is 16.2. The van der Waals surface area contributed by atoms with E-state index < -0.39 is 0 Å². The summed E-state index contributed by atoms with van der Waals surface area (Å²) in [6.07, 6.45) is 8.18. The maximum absolute atomic E-state index is 12.2. The van der Waals surface area contributed by atoms with Crippen molar-refractivity contribution in [2.75, 3.05) is 17.2 Å². The molecule has 0 unspecified atom stereocenters. The fraction of sp³-hybridized carbons (Fsp3) is 0.556. The summed E-state index contributed by atoms with van der Waals surface area (Å²) in [6, 6.07) is 7.26. The van der Waals surface area contributed by atoms with E-state index in [1.54, 1.807) is 12.1 Å². The summed E-state index contributed by atoms with van der Waals surface area (Å²) in [6.45, 7) is 0.307. The molecule has 1 aromatic carbocycles. The average molecular weight is 317 g/mol. The van der Waals surface area contributed by atoms with Gasteiger partial charge in [0.2, 0.25) is 11.8 Å². The van der Waals surface area contributed by atoms with Gasteiger partial charge in [-0.05, 0) is 24.5 Å². The predicted molar refractivity (Wildman–Crippen MR) is 93.2 cm³/mol. The topological polar surface area (TPSA) is 84.2 Å². The Labute approximate surface area is 138 Å². The third kappa shape index (κ3) is 6.02. The Balaban J connectivity index is 1.85. The fourth-order valence-corrected chi connectivity index (χ4v) is 3.07. The third-order valence-corrected chi connectivity index (χ3v) is 4.35. The average Bonchev–Trinajstić information content (AvgIpc) is 2.56. The van der Waals surface area contributed by atoms with Crippen LogP contribution < -0.4 is 16.4 Å². The molecule has 0 heterocycles. The molecule has 0 aliphatic heterocycles. The molecular formula is C18H27N3O2. The molecule has 5 heteroatoms. The number of para-hydroxylation sites is 2. The summed E-state index contributed by atoms with van der Waals surface area (Å²) >= 11 is 0. The van der Waals surface area contributed by atoms with Gasteiger partial charge in [-0.3, -0.25) is 9.59 Å². The van der Waals surface area contributed by atoms with E-state index in [2.05, 4.69) is 10.6 Å². The van der Waals surface area contributed by atoms with Gasteiger partial charge < -0.3 is 16.4 Å². The summed E-state index contributed by atoms with van der Waals surface area (Å²) in [5.74, 6) is 0.557. The Morgan fingerprint density at radius 2 is 1.52 bits per heavy atom. The Kier molecular flexibility index (Phi) is 7.07. The normalized spacial score (nSPS) is 15.2. The van der Waals surface area contributed by atoms with Gasteiger partial charge in [0.1, 0.15) is 0 Å². The molecule has 0 aromatic heterocycles. The van der Waals surface area contributed by atoms with Crippen molar-refractivity contribution < 1.29 is 9.59 Å². The second-order valence-corrected chi connectivity index (χ2v) is 6.22. The van der Waals surface area contributed by atoms with Crippen LogP contribution in [0.2, 0.25) is 0 Å². The van der Waals surface area contributed by atoms with Crippen molar-refractivity contribution in [3.05, 3.63) is 24.3 Å². The zero-order valence-corrected chi connectivity index (χ0v) is 13.6. The van der Waals surface area contributed by atoms with Gasteiger partial charge >= 0.3 is 0 Å². The summed E-state index contributed by atoms with van der Waals surface area (Å²) < 4.78 is 0. The number of carbonyl (C=O) groups excluding carboxylic acids is 2. The Morgan fingerprint density at radius 1 is 0.957 bits per heavy atom. The van der Waals surface area contributed by atoms with Gasteiger partial charge in [-0.1, -0.05) is 44.2 Å². The van der Waals surface area contributed by atoms with Crippen molar-refractivity contribution in [2.45, 2.75) is 51.4 Å². The summed E-state index contributed by atoms with van der Waals surface area (Å²) in [5, 5.41) is 5.70. The quantitative estimate of drug-likeness (QED) is 0.721. The van der Waals surface area contributed by atoms with Crippen LogP contribution >= 0.6 is 0 Å². The molecule has 1 fully saturated rings. The van der Waals surface area contributed by atoms with E-state index in [0.29, 0.717) is 30.3 Å². The lowest BCUT2D eigenvalue weighted by atomic mass is 9.86. The Bertz CT molecular complexity index is 525. The molecule has 1 saturated carbocycles. The number of benzene rings is 1. The van der Waals surface area contributed by atoms with Crippen LogP contribution in [-0.2, 0) is 9.59 Å². The molecule has 0 bridgehead atoms. The molecule has 2 rings (SSSR count). The molecule has 0 saturated heterocycles. The summed E-state index contributed by atoms with van der Waals surface area (Å²) in [4.78, 5) is 23.9. The first-order valence-electron chi connectivity index (χ1n) is 8.58. The monoisotopic (exact) mass is 317 g/mol. The van der Waals surface area contributed by atoms with Crippen molar-refractivity contribution in [3.8, 4) is 0 Å². The lowest BCUT2D eigenvalue weighted by Gasteiger charge is -2.21. The molecule has 0 atom stereocenters.